The zero-order valence-corrected chi connectivity index (χ0v) is 15.0. The van der Waals surface area contributed by atoms with Gasteiger partial charge in [0.2, 0.25) is 6.79 Å². The minimum absolute atomic E-state index is 0.185. The summed E-state index contributed by atoms with van der Waals surface area (Å²) in [4.78, 5) is 2.57. The Balaban J connectivity index is 1.33. The van der Waals surface area contributed by atoms with Gasteiger partial charge in [0.1, 0.15) is 0 Å². The predicted octanol–water partition coefficient (Wildman–Crippen LogP) is 3.91. The van der Waals surface area contributed by atoms with Crippen molar-refractivity contribution in [1.82, 2.24) is 4.90 Å². The lowest BCUT2D eigenvalue weighted by atomic mass is 9.81. The topological polar surface area (TPSA) is 30.9 Å². The molecular formula is C22H25NO3. The summed E-state index contributed by atoms with van der Waals surface area (Å²) in [5.41, 5.74) is 4.12. The first-order chi connectivity index (χ1) is 12.9. The third-order valence-electron chi connectivity index (χ3n) is 5.90. The summed E-state index contributed by atoms with van der Waals surface area (Å²) in [7, 11) is 0. The van der Waals surface area contributed by atoms with Crippen LogP contribution in [0.3, 0.4) is 0 Å². The van der Waals surface area contributed by atoms with E-state index in [9.17, 15) is 0 Å². The quantitative estimate of drug-likeness (QED) is 0.839. The van der Waals surface area contributed by atoms with E-state index in [1.165, 1.54) is 29.5 Å². The Hall–Kier alpha value is -2.04. The molecule has 4 heteroatoms. The van der Waals surface area contributed by atoms with Crippen LogP contribution in [0.5, 0.6) is 11.5 Å². The van der Waals surface area contributed by atoms with E-state index >= 15 is 0 Å². The molecule has 0 amide bonds. The van der Waals surface area contributed by atoms with Gasteiger partial charge in [-0.05, 0) is 42.4 Å². The Morgan fingerprint density at radius 3 is 2.88 bits per heavy atom. The van der Waals surface area contributed by atoms with Gasteiger partial charge in [-0.25, -0.2) is 0 Å². The van der Waals surface area contributed by atoms with Gasteiger partial charge >= 0.3 is 0 Å². The summed E-state index contributed by atoms with van der Waals surface area (Å²) in [6.45, 7) is 4.25. The summed E-state index contributed by atoms with van der Waals surface area (Å²) in [5, 5.41) is 0. The van der Waals surface area contributed by atoms with Crippen molar-refractivity contribution in [3.05, 3.63) is 59.2 Å². The van der Waals surface area contributed by atoms with Crippen LogP contribution in [-0.2, 0) is 11.2 Å². The molecule has 1 aliphatic carbocycles. The Morgan fingerprint density at radius 1 is 1.04 bits per heavy atom. The van der Waals surface area contributed by atoms with Crippen molar-refractivity contribution in [2.45, 2.75) is 31.3 Å². The monoisotopic (exact) mass is 351 g/mol. The molecule has 0 aromatic heterocycles. The molecule has 0 bridgehead atoms. The number of fused-ring (bicyclic) bond motifs is 3. The first-order valence-corrected chi connectivity index (χ1v) is 9.69. The molecule has 2 unspecified atom stereocenters. The number of nitrogens with zero attached hydrogens (tertiary/aromatic N) is 1. The Bertz CT molecular complexity index is 776. The molecule has 0 N–H and O–H groups in total. The first kappa shape index (κ1) is 16.2. The van der Waals surface area contributed by atoms with E-state index in [4.69, 9.17) is 14.2 Å². The first-order valence-electron chi connectivity index (χ1n) is 9.69. The molecule has 2 aliphatic heterocycles. The van der Waals surface area contributed by atoms with Crippen LogP contribution >= 0.6 is 0 Å². The van der Waals surface area contributed by atoms with E-state index in [0.717, 1.165) is 44.2 Å². The second-order valence-corrected chi connectivity index (χ2v) is 7.49. The van der Waals surface area contributed by atoms with Crippen molar-refractivity contribution < 1.29 is 14.2 Å². The van der Waals surface area contributed by atoms with E-state index in [0.29, 0.717) is 12.7 Å². The maximum absolute atomic E-state index is 6.04. The minimum Gasteiger partial charge on any atom is -0.454 e. The van der Waals surface area contributed by atoms with Crippen LogP contribution in [0.15, 0.2) is 42.5 Å². The lowest BCUT2D eigenvalue weighted by molar-refractivity contribution is -0.0322. The lowest BCUT2D eigenvalue weighted by Gasteiger charge is -2.37. The Labute approximate surface area is 154 Å². The fourth-order valence-electron chi connectivity index (χ4n) is 4.61. The molecule has 26 heavy (non-hydrogen) atoms. The van der Waals surface area contributed by atoms with Crippen molar-refractivity contribution in [3.63, 3.8) is 0 Å². The van der Waals surface area contributed by atoms with E-state index in [-0.39, 0.29) is 6.10 Å². The van der Waals surface area contributed by atoms with Gasteiger partial charge in [0.25, 0.3) is 0 Å². The third kappa shape index (κ3) is 2.97. The van der Waals surface area contributed by atoms with Crippen molar-refractivity contribution in [2.24, 2.45) is 0 Å². The lowest BCUT2D eigenvalue weighted by Crippen LogP contribution is -2.41. The van der Waals surface area contributed by atoms with Gasteiger partial charge in [0, 0.05) is 25.2 Å². The highest BCUT2D eigenvalue weighted by Gasteiger charge is 2.30. The van der Waals surface area contributed by atoms with Crippen LogP contribution in [0.4, 0.5) is 0 Å². The average Bonchev–Trinajstić information content (AvgIpc) is 3.18. The van der Waals surface area contributed by atoms with Gasteiger partial charge in [0.05, 0.1) is 12.7 Å². The zero-order chi connectivity index (χ0) is 17.3. The fourth-order valence-corrected chi connectivity index (χ4v) is 4.61. The fraction of sp³-hybridized carbons (Fsp3) is 0.455. The van der Waals surface area contributed by atoms with E-state index < -0.39 is 0 Å². The Kier molecular flexibility index (Phi) is 4.31. The van der Waals surface area contributed by atoms with E-state index in [1.807, 2.05) is 0 Å². The predicted molar refractivity (Wildman–Crippen MR) is 99.8 cm³/mol. The molecule has 5 rings (SSSR count). The molecule has 1 saturated heterocycles. The van der Waals surface area contributed by atoms with E-state index in [1.54, 1.807) is 0 Å². The molecule has 0 spiro atoms. The van der Waals surface area contributed by atoms with Crippen LogP contribution in [0.1, 0.15) is 41.6 Å². The summed E-state index contributed by atoms with van der Waals surface area (Å²) in [5.74, 6) is 2.49. The second kappa shape index (κ2) is 6.93. The molecular weight excluding hydrogens is 326 g/mol. The molecule has 2 heterocycles. The molecule has 2 aromatic rings. The van der Waals surface area contributed by atoms with Crippen molar-refractivity contribution in [1.29, 1.82) is 0 Å². The molecule has 2 aromatic carbocycles. The van der Waals surface area contributed by atoms with Crippen molar-refractivity contribution >= 4 is 0 Å². The number of ether oxygens (including phenoxy) is 3. The number of morpholine rings is 1. The van der Waals surface area contributed by atoms with Crippen molar-refractivity contribution in [2.75, 3.05) is 33.0 Å². The standard InChI is InChI=1S/C22H25NO3/c1-2-5-16(6-3-1)21-14-23(11-12-24-21)13-17-7-4-8-19-18(17)9-10-20-22(19)26-15-25-20/h1-3,5-6,9-10,17,21H,4,7-8,11-15H2. The average molecular weight is 351 g/mol. The maximum atomic E-state index is 6.04. The van der Waals surface area contributed by atoms with E-state index in [2.05, 4.69) is 47.4 Å². The SMILES string of the molecule is c1ccc(C2CN(CC3CCCc4c3ccc3c4OCO3)CCO2)cc1. The molecule has 136 valence electrons. The van der Waals surface area contributed by atoms with Gasteiger partial charge in [-0.2, -0.15) is 0 Å². The molecule has 0 saturated carbocycles. The van der Waals surface area contributed by atoms with Gasteiger partial charge < -0.3 is 14.2 Å². The summed E-state index contributed by atoms with van der Waals surface area (Å²) < 4.78 is 17.4. The van der Waals surface area contributed by atoms with Crippen LogP contribution in [0.2, 0.25) is 0 Å². The van der Waals surface area contributed by atoms with Gasteiger partial charge in [-0.15, -0.1) is 0 Å². The second-order valence-electron chi connectivity index (χ2n) is 7.49. The van der Waals surface area contributed by atoms with Crippen molar-refractivity contribution in [3.8, 4) is 11.5 Å². The minimum atomic E-state index is 0.185. The zero-order valence-electron chi connectivity index (χ0n) is 15.0. The highest BCUT2D eigenvalue weighted by atomic mass is 16.7. The maximum Gasteiger partial charge on any atom is 0.231 e. The Morgan fingerprint density at radius 2 is 1.96 bits per heavy atom. The number of hydrogen-bond acceptors (Lipinski definition) is 4. The highest BCUT2D eigenvalue weighted by molar-refractivity contribution is 5.54. The normalized spacial score (nSPS) is 25.1. The summed E-state index contributed by atoms with van der Waals surface area (Å²) in [6.07, 6.45) is 3.77. The number of hydrogen-bond donors (Lipinski definition) is 0. The number of rotatable bonds is 3. The molecule has 3 aliphatic rings. The number of benzene rings is 2. The van der Waals surface area contributed by atoms with Gasteiger partial charge in [-0.1, -0.05) is 36.4 Å². The van der Waals surface area contributed by atoms with Gasteiger partial charge in [-0.3, -0.25) is 4.90 Å². The van der Waals surface area contributed by atoms with Crippen LogP contribution < -0.4 is 9.47 Å². The molecule has 2 atom stereocenters. The molecule has 4 nitrogen and oxygen atoms in total. The molecule has 1 fully saturated rings. The van der Waals surface area contributed by atoms with Crippen LogP contribution in [0, 0.1) is 0 Å². The smallest absolute Gasteiger partial charge is 0.231 e. The molecule has 0 radical (unpaired) electrons. The van der Waals surface area contributed by atoms with Gasteiger partial charge in [0.15, 0.2) is 11.5 Å². The summed E-state index contributed by atoms with van der Waals surface area (Å²) >= 11 is 0. The highest BCUT2D eigenvalue weighted by Crippen LogP contribution is 2.44. The third-order valence-corrected chi connectivity index (χ3v) is 5.90. The van der Waals surface area contributed by atoms with Crippen LogP contribution in [-0.4, -0.2) is 37.9 Å². The van der Waals surface area contributed by atoms with Crippen LogP contribution in [0.25, 0.3) is 0 Å². The largest absolute Gasteiger partial charge is 0.454 e. The summed E-state index contributed by atoms with van der Waals surface area (Å²) in [6, 6.07) is 14.9.